The molecule has 3 aromatic rings. The van der Waals surface area contributed by atoms with Crippen molar-refractivity contribution in [2.24, 2.45) is 0 Å². The van der Waals surface area contributed by atoms with Crippen molar-refractivity contribution in [3.63, 3.8) is 0 Å². The van der Waals surface area contributed by atoms with Crippen LogP contribution in [0, 0.1) is 6.92 Å². The highest BCUT2D eigenvalue weighted by molar-refractivity contribution is 5.92. The van der Waals surface area contributed by atoms with Crippen LogP contribution in [0.4, 0.5) is 0 Å². The van der Waals surface area contributed by atoms with Crippen molar-refractivity contribution in [1.29, 1.82) is 0 Å². The molecule has 4 rings (SSSR count). The molecule has 1 aliphatic heterocycles. The van der Waals surface area contributed by atoms with E-state index in [4.69, 9.17) is 0 Å². The number of fused-ring (bicyclic) bond motifs is 3. The van der Waals surface area contributed by atoms with Crippen molar-refractivity contribution in [3.8, 4) is 0 Å². The number of piperidine rings is 1. The van der Waals surface area contributed by atoms with Gasteiger partial charge >= 0.3 is 0 Å². The highest BCUT2D eigenvalue weighted by atomic mass is 16.1. The fourth-order valence-electron chi connectivity index (χ4n) is 3.22. The van der Waals surface area contributed by atoms with Crippen LogP contribution in [0.2, 0.25) is 0 Å². The summed E-state index contributed by atoms with van der Waals surface area (Å²) in [6.45, 7) is 3.98. The second-order valence-electron chi connectivity index (χ2n) is 5.67. The van der Waals surface area contributed by atoms with Gasteiger partial charge in [0.1, 0.15) is 5.65 Å². The molecule has 4 heterocycles. The molecule has 1 saturated heterocycles. The van der Waals surface area contributed by atoms with Crippen molar-refractivity contribution in [2.45, 2.75) is 25.7 Å². The van der Waals surface area contributed by atoms with E-state index < -0.39 is 0 Å². The van der Waals surface area contributed by atoms with E-state index in [9.17, 15) is 4.79 Å². The molecule has 0 atom stereocenters. The molecule has 3 aromatic heterocycles. The van der Waals surface area contributed by atoms with Gasteiger partial charge in [-0.25, -0.2) is 9.50 Å². The third-order valence-electron chi connectivity index (χ3n) is 4.31. The molecule has 21 heavy (non-hydrogen) atoms. The fraction of sp³-hybridized carbons (Fsp3) is 0.400. The minimum absolute atomic E-state index is 0.0684. The van der Waals surface area contributed by atoms with Gasteiger partial charge in [0.25, 0.3) is 5.56 Å². The minimum atomic E-state index is -0.0684. The van der Waals surface area contributed by atoms with Crippen LogP contribution in [0.15, 0.2) is 23.1 Å². The highest BCUT2D eigenvalue weighted by Crippen LogP contribution is 2.27. The summed E-state index contributed by atoms with van der Waals surface area (Å²) >= 11 is 0. The van der Waals surface area contributed by atoms with E-state index in [0.717, 1.165) is 48.2 Å². The lowest BCUT2D eigenvalue weighted by Crippen LogP contribution is -2.28. The Morgan fingerprint density at radius 1 is 1.33 bits per heavy atom. The van der Waals surface area contributed by atoms with Crippen LogP contribution < -0.4 is 10.9 Å². The van der Waals surface area contributed by atoms with Crippen molar-refractivity contribution >= 4 is 16.7 Å². The Labute approximate surface area is 121 Å². The number of aromatic amines is 1. The SMILES string of the molecule is Cc1ccnc2nn3c(C4CCNCC4)cc(=O)[nH]c3c12. The maximum atomic E-state index is 12.1. The smallest absolute Gasteiger partial charge is 0.251 e. The third kappa shape index (κ3) is 1.94. The summed E-state index contributed by atoms with van der Waals surface area (Å²) in [7, 11) is 0. The summed E-state index contributed by atoms with van der Waals surface area (Å²) < 4.78 is 1.88. The zero-order valence-corrected chi connectivity index (χ0v) is 11.9. The van der Waals surface area contributed by atoms with Crippen LogP contribution in [0.1, 0.15) is 30.0 Å². The molecule has 6 nitrogen and oxygen atoms in total. The highest BCUT2D eigenvalue weighted by Gasteiger charge is 2.21. The second kappa shape index (κ2) is 4.66. The van der Waals surface area contributed by atoms with Gasteiger partial charge in [-0.15, -0.1) is 5.10 Å². The standard InChI is InChI=1S/C15H17N5O/c1-9-2-7-17-14-13(9)15-18-12(21)8-11(20(15)19-14)10-3-5-16-6-4-10/h2,7-8,10,16H,3-6H2,1H3,(H,18,21). The maximum absolute atomic E-state index is 12.1. The zero-order valence-electron chi connectivity index (χ0n) is 11.9. The first-order chi connectivity index (χ1) is 10.2. The first-order valence-corrected chi connectivity index (χ1v) is 7.32. The molecule has 0 amide bonds. The van der Waals surface area contributed by atoms with E-state index in [-0.39, 0.29) is 5.56 Å². The lowest BCUT2D eigenvalue weighted by atomic mass is 9.94. The average molecular weight is 283 g/mol. The summed E-state index contributed by atoms with van der Waals surface area (Å²) in [6, 6.07) is 3.63. The lowest BCUT2D eigenvalue weighted by Gasteiger charge is -2.22. The molecule has 0 radical (unpaired) electrons. The average Bonchev–Trinajstić information content (AvgIpc) is 2.87. The van der Waals surface area contributed by atoms with Crippen LogP contribution in [-0.2, 0) is 0 Å². The van der Waals surface area contributed by atoms with E-state index in [1.807, 2.05) is 17.5 Å². The lowest BCUT2D eigenvalue weighted by molar-refractivity contribution is 0.446. The predicted molar refractivity (Wildman–Crippen MR) is 80.7 cm³/mol. The van der Waals surface area contributed by atoms with E-state index in [1.54, 1.807) is 12.3 Å². The molecule has 0 aromatic carbocycles. The molecular weight excluding hydrogens is 266 g/mol. The molecule has 1 fully saturated rings. The third-order valence-corrected chi connectivity index (χ3v) is 4.31. The maximum Gasteiger partial charge on any atom is 0.251 e. The summed E-state index contributed by atoms with van der Waals surface area (Å²) in [5.74, 6) is 0.366. The predicted octanol–water partition coefficient (Wildman–Crippen LogP) is 1.35. The van der Waals surface area contributed by atoms with Gasteiger partial charge in [0.05, 0.1) is 11.1 Å². The monoisotopic (exact) mass is 283 g/mol. The van der Waals surface area contributed by atoms with E-state index in [2.05, 4.69) is 20.4 Å². The molecular formula is C15H17N5O. The van der Waals surface area contributed by atoms with Gasteiger partial charge < -0.3 is 10.3 Å². The van der Waals surface area contributed by atoms with Crippen molar-refractivity contribution in [3.05, 3.63) is 39.9 Å². The zero-order chi connectivity index (χ0) is 14.4. The first kappa shape index (κ1) is 12.5. The van der Waals surface area contributed by atoms with Gasteiger partial charge in [0, 0.05) is 18.2 Å². The van der Waals surface area contributed by atoms with Gasteiger partial charge in [-0.3, -0.25) is 4.79 Å². The number of hydrogen-bond donors (Lipinski definition) is 2. The molecule has 6 heteroatoms. The Bertz CT molecular complexity index is 873. The van der Waals surface area contributed by atoms with Crippen molar-refractivity contribution in [2.75, 3.05) is 13.1 Å². The Balaban J connectivity index is 2.05. The van der Waals surface area contributed by atoms with Gasteiger partial charge in [-0.2, -0.15) is 0 Å². The van der Waals surface area contributed by atoms with Gasteiger partial charge in [0.15, 0.2) is 5.65 Å². The molecule has 0 saturated carbocycles. The van der Waals surface area contributed by atoms with E-state index in [0.29, 0.717) is 11.6 Å². The Morgan fingerprint density at radius 3 is 2.95 bits per heavy atom. The summed E-state index contributed by atoms with van der Waals surface area (Å²) in [5, 5.41) is 8.90. The van der Waals surface area contributed by atoms with Crippen LogP contribution in [-0.4, -0.2) is 32.7 Å². The Morgan fingerprint density at radius 2 is 2.14 bits per heavy atom. The molecule has 2 N–H and O–H groups in total. The largest absolute Gasteiger partial charge is 0.317 e. The van der Waals surface area contributed by atoms with Crippen LogP contribution in [0.5, 0.6) is 0 Å². The molecule has 108 valence electrons. The summed E-state index contributed by atoms with van der Waals surface area (Å²) in [4.78, 5) is 19.3. The number of aromatic nitrogens is 4. The topological polar surface area (TPSA) is 75.1 Å². The Hall–Kier alpha value is -2.21. The number of aryl methyl sites for hydroxylation is 1. The number of pyridine rings is 1. The van der Waals surface area contributed by atoms with Gasteiger partial charge in [0.2, 0.25) is 0 Å². The van der Waals surface area contributed by atoms with Crippen LogP contribution >= 0.6 is 0 Å². The van der Waals surface area contributed by atoms with Gasteiger partial charge in [-0.1, -0.05) is 0 Å². The number of hydrogen-bond acceptors (Lipinski definition) is 4. The van der Waals surface area contributed by atoms with Gasteiger partial charge in [-0.05, 0) is 44.5 Å². The summed E-state index contributed by atoms with van der Waals surface area (Å²) in [5.41, 5.74) is 3.45. The van der Waals surface area contributed by atoms with Crippen LogP contribution in [0.25, 0.3) is 16.7 Å². The number of nitrogens with zero attached hydrogens (tertiary/aromatic N) is 3. The van der Waals surface area contributed by atoms with Crippen molar-refractivity contribution in [1.82, 2.24) is 24.9 Å². The molecule has 0 bridgehead atoms. The van der Waals surface area contributed by atoms with Crippen LogP contribution in [0.3, 0.4) is 0 Å². The minimum Gasteiger partial charge on any atom is -0.317 e. The van der Waals surface area contributed by atoms with E-state index in [1.165, 1.54) is 0 Å². The number of nitrogens with one attached hydrogen (secondary N) is 2. The molecule has 1 aliphatic rings. The fourth-order valence-corrected chi connectivity index (χ4v) is 3.22. The summed E-state index contributed by atoms with van der Waals surface area (Å²) in [6.07, 6.45) is 3.81. The molecule has 0 aliphatic carbocycles. The Kier molecular flexibility index (Phi) is 2.78. The number of H-pyrrole nitrogens is 1. The normalized spacial score (nSPS) is 16.8. The number of rotatable bonds is 1. The molecule has 0 spiro atoms. The molecule has 0 unspecified atom stereocenters. The quantitative estimate of drug-likeness (QED) is 0.707. The second-order valence-corrected chi connectivity index (χ2v) is 5.67. The van der Waals surface area contributed by atoms with E-state index >= 15 is 0 Å². The first-order valence-electron chi connectivity index (χ1n) is 7.32. The van der Waals surface area contributed by atoms with Crippen molar-refractivity contribution < 1.29 is 0 Å².